The van der Waals surface area contributed by atoms with Crippen molar-refractivity contribution in [2.45, 2.75) is 44.6 Å². The van der Waals surface area contributed by atoms with Crippen molar-refractivity contribution in [3.05, 3.63) is 29.6 Å². The van der Waals surface area contributed by atoms with Crippen molar-refractivity contribution in [1.82, 2.24) is 14.7 Å². The lowest BCUT2D eigenvalue weighted by atomic mass is 9.74. The van der Waals surface area contributed by atoms with E-state index in [-0.39, 0.29) is 29.5 Å². The Morgan fingerprint density at radius 3 is 2.59 bits per heavy atom. The summed E-state index contributed by atoms with van der Waals surface area (Å²) in [5, 5.41) is 0. The van der Waals surface area contributed by atoms with Crippen LogP contribution in [-0.4, -0.2) is 86.3 Å². The molecule has 176 valence electrons. The fraction of sp³-hybridized carbons (Fsp3) is 0.667. The molecule has 1 atom stereocenters. The largest absolute Gasteiger partial charge is 0.447 e. The molecule has 3 aliphatic rings. The summed E-state index contributed by atoms with van der Waals surface area (Å²) >= 11 is 0. The molecule has 8 heteroatoms. The average Bonchev–Trinajstić information content (AvgIpc) is 3.32. The van der Waals surface area contributed by atoms with Gasteiger partial charge < -0.3 is 19.4 Å². The number of likely N-dealkylation sites (tertiary alicyclic amines) is 2. The van der Waals surface area contributed by atoms with E-state index >= 15 is 0 Å². The van der Waals surface area contributed by atoms with E-state index in [2.05, 4.69) is 4.90 Å². The summed E-state index contributed by atoms with van der Waals surface area (Å²) in [4.78, 5) is 32.6. The number of carbonyl (C=O) groups excluding carboxylic acids is 2. The number of amides is 3. The fourth-order valence-electron chi connectivity index (χ4n) is 5.43. The number of halogens is 1. The van der Waals surface area contributed by atoms with E-state index < -0.39 is 0 Å². The normalized spacial score (nSPS) is 22.5. The van der Waals surface area contributed by atoms with Crippen LogP contribution < -0.4 is 4.90 Å². The van der Waals surface area contributed by atoms with Gasteiger partial charge in [-0.05, 0) is 75.9 Å². The van der Waals surface area contributed by atoms with Crippen molar-refractivity contribution in [3.63, 3.8) is 0 Å². The first-order chi connectivity index (χ1) is 15.2. The summed E-state index contributed by atoms with van der Waals surface area (Å²) in [5.74, 6) is 0.202. The number of hydrogen-bond acceptors (Lipinski definition) is 4. The van der Waals surface area contributed by atoms with E-state index in [9.17, 15) is 14.0 Å². The zero-order valence-corrected chi connectivity index (χ0v) is 19.6. The SMILES string of the molecule is CC(C)OC(=O)N1CC[C@@H](CN2CCC3(CC2)CN(C(=O)N(C)C)c2ccc(F)cc23)C1. The number of anilines is 1. The van der Waals surface area contributed by atoms with Gasteiger partial charge in [0.25, 0.3) is 0 Å². The maximum atomic E-state index is 14.1. The highest BCUT2D eigenvalue weighted by atomic mass is 19.1. The summed E-state index contributed by atoms with van der Waals surface area (Å²) in [6.45, 7) is 8.62. The lowest BCUT2D eigenvalue weighted by molar-refractivity contribution is 0.0812. The van der Waals surface area contributed by atoms with Crippen molar-refractivity contribution < 1.29 is 18.7 Å². The molecule has 0 aliphatic carbocycles. The molecule has 3 amide bonds. The first kappa shape index (κ1) is 22.8. The van der Waals surface area contributed by atoms with Crippen molar-refractivity contribution in [2.75, 3.05) is 58.3 Å². The van der Waals surface area contributed by atoms with Crippen LogP contribution in [0, 0.1) is 11.7 Å². The smallest absolute Gasteiger partial charge is 0.410 e. The molecule has 1 spiro atoms. The van der Waals surface area contributed by atoms with Crippen LogP contribution in [0.1, 0.15) is 38.7 Å². The van der Waals surface area contributed by atoms with Crippen LogP contribution in [0.25, 0.3) is 0 Å². The Morgan fingerprint density at radius 2 is 1.94 bits per heavy atom. The molecule has 0 saturated carbocycles. The number of nitrogens with zero attached hydrogens (tertiary/aromatic N) is 4. The molecule has 0 N–H and O–H groups in total. The van der Waals surface area contributed by atoms with Crippen LogP contribution in [0.2, 0.25) is 0 Å². The van der Waals surface area contributed by atoms with Gasteiger partial charge in [-0.25, -0.2) is 14.0 Å². The zero-order valence-electron chi connectivity index (χ0n) is 19.6. The number of benzene rings is 1. The summed E-state index contributed by atoms with van der Waals surface area (Å²) in [7, 11) is 3.50. The maximum Gasteiger partial charge on any atom is 0.410 e. The quantitative estimate of drug-likeness (QED) is 0.713. The van der Waals surface area contributed by atoms with Gasteiger partial charge in [0.15, 0.2) is 0 Å². The predicted molar refractivity (Wildman–Crippen MR) is 121 cm³/mol. The van der Waals surface area contributed by atoms with Crippen molar-refractivity contribution in [3.8, 4) is 0 Å². The van der Waals surface area contributed by atoms with Crippen molar-refractivity contribution >= 4 is 17.8 Å². The third kappa shape index (κ3) is 4.42. The third-order valence-corrected chi connectivity index (χ3v) is 7.11. The Labute approximate surface area is 190 Å². The highest BCUT2D eigenvalue weighted by molar-refractivity contribution is 5.95. The topological polar surface area (TPSA) is 56.3 Å². The van der Waals surface area contributed by atoms with E-state index in [1.807, 2.05) is 18.7 Å². The van der Waals surface area contributed by atoms with Crippen molar-refractivity contribution in [2.24, 2.45) is 5.92 Å². The minimum absolute atomic E-state index is 0.0588. The van der Waals surface area contributed by atoms with E-state index in [0.717, 1.165) is 63.2 Å². The molecule has 0 bridgehead atoms. The standard InChI is InChI=1S/C24H35FN4O3/c1-17(2)32-23(31)28-10-7-18(15-28)14-27-11-8-24(9-12-27)16-29(22(30)26(3)4)21-6-5-19(25)13-20(21)24/h5-6,13,17-18H,7-12,14-16H2,1-4H3/t18-/m0/s1. The Kier molecular flexibility index (Phi) is 6.34. The summed E-state index contributed by atoms with van der Waals surface area (Å²) in [5.41, 5.74) is 1.62. The molecule has 0 unspecified atom stereocenters. The number of fused-ring (bicyclic) bond motifs is 2. The lowest BCUT2D eigenvalue weighted by Crippen LogP contribution is -2.48. The molecule has 3 aliphatic heterocycles. The third-order valence-electron chi connectivity index (χ3n) is 7.11. The number of piperidine rings is 1. The molecule has 32 heavy (non-hydrogen) atoms. The minimum Gasteiger partial charge on any atom is -0.447 e. The van der Waals surface area contributed by atoms with Gasteiger partial charge in [0.1, 0.15) is 5.82 Å². The van der Waals surface area contributed by atoms with Gasteiger partial charge in [-0.2, -0.15) is 0 Å². The zero-order chi connectivity index (χ0) is 23.0. The Hall–Kier alpha value is -2.35. The molecule has 7 nitrogen and oxygen atoms in total. The van der Waals surface area contributed by atoms with Crippen LogP contribution in [0.5, 0.6) is 0 Å². The van der Waals surface area contributed by atoms with Crippen LogP contribution in [0.15, 0.2) is 18.2 Å². The molecule has 0 aromatic heterocycles. The number of hydrogen-bond donors (Lipinski definition) is 0. The number of carbonyl (C=O) groups is 2. The number of urea groups is 1. The van der Waals surface area contributed by atoms with E-state index in [1.54, 1.807) is 36.0 Å². The van der Waals surface area contributed by atoms with Gasteiger partial charge in [-0.3, -0.25) is 4.90 Å². The summed E-state index contributed by atoms with van der Waals surface area (Å²) in [6.07, 6.45) is 2.47. The first-order valence-electron chi connectivity index (χ1n) is 11.7. The second-order valence-electron chi connectivity index (χ2n) is 10.0. The maximum absolute atomic E-state index is 14.1. The van der Waals surface area contributed by atoms with Gasteiger partial charge in [-0.1, -0.05) is 0 Å². The van der Waals surface area contributed by atoms with E-state index in [4.69, 9.17) is 4.74 Å². The lowest BCUT2D eigenvalue weighted by Gasteiger charge is -2.40. The molecular formula is C24H35FN4O3. The van der Waals surface area contributed by atoms with Crippen LogP contribution in [0.3, 0.4) is 0 Å². The van der Waals surface area contributed by atoms with Crippen molar-refractivity contribution in [1.29, 1.82) is 0 Å². The molecular weight excluding hydrogens is 411 g/mol. The van der Waals surface area contributed by atoms with Gasteiger partial charge in [0.05, 0.1) is 6.10 Å². The summed E-state index contributed by atoms with van der Waals surface area (Å²) in [6, 6.07) is 4.76. The van der Waals surface area contributed by atoms with Gasteiger partial charge in [0, 0.05) is 51.4 Å². The molecule has 4 rings (SSSR count). The first-order valence-corrected chi connectivity index (χ1v) is 11.7. The molecule has 2 saturated heterocycles. The van der Waals surface area contributed by atoms with Gasteiger partial charge in [-0.15, -0.1) is 0 Å². The van der Waals surface area contributed by atoms with E-state index in [1.165, 1.54) is 6.07 Å². The molecule has 0 radical (unpaired) electrons. The van der Waals surface area contributed by atoms with Gasteiger partial charge in [0.2, 0.25) is 0 Å². The van der Waals surface area contributed by atoms with Gasteiger partial charge >= 0.3 is 12.1 Å². The number of rotatable bonds is 3. The molecule has 3 heterocycles. The monoisotopic (exact) mass is 446 g/mol. The fourth-order valence-corrected chi connectivity index (χ4v) is 5.43. The Balaban J connectivity index is 1.39. The van der Waals surface area contributed by atoms with Crippen LogP contribution in [0.4, 0.5) is 19.7 Å². The van der Waals surface area contributed by atoms with Crippen LogP contribution >= 0.6 is 0 Å². The highest BCUT2D eigenvalue weighted by Gasteiger charge is 2.47. The Bertz CT molecular complexity index is 867. The number of ether oxygens (including phenoxy) is 1. The highest BCUT2D eigenvalue weighted by Crippen LogP contribution is 2.47. The molecule has 2 fully saturated rings. The molecule has 1 aromatic rings. The second-order valence-corrected chi connectivity index (χ2v) is 10.0. The average molecular weight is 447 g/mol. The van der Waals surface area contributed by atoms with E-state index in [0.29, 0.717) is 12.5 Å². The minimum atomic E-state index is -0.246. The second kappa shape index (κ2) is 8.89. The summed E-state index contributed by atoms with van der Waals surface area (Å²) < 4.78 is 19.5. The molecule has 1 aromatic carbocycles. The Morgan fingerprint density at radius 1 is 1.22 bits per heavy atom. The van der Waals surface area contributed by atoms with Crippen LogP contribution in [-0.2, 0) is 10.2 Å². The predicted octanol–water partition coefficient (Wildman–Crippen LogP) is 3.53.